The number of hydrogen-bond donors (Lipinski definition) is 3. The molecule has 0 radical (unpaired) electrons. The lowest BCUT2D eigenvalue weighted by Crippen LogP contribution is -2.42. The number of hydrogen-bond acceptors (Lipinski definition) is 7. The highest BCUT2D eigenvalue weighted by atomic mass is 16.5. The summed E-state index contributed by atoms with van der Waals surface area (Å²) in [5, 5.41) is 15.3. The second-order valence-electron chi connectivity index (χ2n) is 12.1. The van der Waals surface area contributed by atoms with Crippen molar-refractivity contribution in [3.8, 4) is 22.8 Å². The van der Waals surface area contributed by atoms with E-state index in [-0.39, 0.29) is 30.9 Å². The fourth-order valence-corrected chi connectivity index (χ4v) is 5.67. The first kappa shape index (κ1) is 30.7. The van der Waals surface area contributed by atoms with E-state index in [4.69, 9.17) is 9.15 Å². The second kappa shape index (κ2) is 12.5. The molecule has 2 fully saturated rings. The zero-order valence-electron chi connectivity index (χ0n) is 25.2. The van der Waals surface area contributed by atoms with Crippen molar-refractivity contribution in [3.63, 3.8) is 0 Å². The molecule has 0 unspecified atom stereocenters. The fourth-order valence-electron chi connectivity index (χ4n) is 5.67. The Labute approximate surface area is 255 Å². The number of benzene rings is 2. The van der Waals surface area contributed by atoms with Crippen molar-refractivity contribution in [1.29, 1.82) is 0 Å². The Balaban J connectivity index is 1.19. The van der Waals surface area contributed by atoms with Crippen LogP contribution in [-0.4, -0.2) is 80.6 Å². The van der Waals surface area contributed by atoms with Crippen molar-refractivity contribution in [2.45, 2.75) is 70.7 Å². The maximum Gasteiger partial charge on any atom is 0.408 e. The number of carboxylic acid groups (broad SMARTS) is 1. The van der Waals surface area contributed by atoms with Crippen LogP contribution in [0.2, 0.25) is 0 Å². The third kappa shape index (κ3) is 7.08. The molecule has 0 aliphatic carbocycles. The van der Waals surface area contributed by atoms with Crippen molar-refractivity contribution in [2.75, 3.05) is 23.7 Å². The van der Waals surface area contributed by atoms with E-state index in [2.05, 4.69) is 15.6 Å². The summed E-state index contributed by atoms with van der Waals surface area (Å²) in [6, 6.07) is 12.8. The lowest BCUT2D eigenvalue weighted by molar-refractivity contribution is -0.134. The van der Waals surface area contributed by atoms with Crippen LogP contribution in [0, 0.1) is 0 Å². The van der Waals surface area contributed by atoms with Gasteiger partial charge in [-0.3, -0.25) is 19.3 Å². The van der Waals surface area contributed by atoms with Crippen molar-refractivity contribution >= 4 is 35.2 Å². The highest BCUT2D eigenvalue weighted by Gasteiger charge is 2.41. The maximum atomic E-state index is 13.0. The zero-order valence-corrected chi connectivity index (χ0v) is 25.2. The third-order valence-electron chi connectivity index (χ3n) is 7.63. The van der Waals surface area contributed by atoms with E-state index in [1.54, 1.807) is 47.5 Å². The Morgan fingerprint density at radius 3 is 2.07 bits per heavy atom. The van der Waals surface area contributed by atoms with Gasteiger partial charge in [0.25, 0.3) is 0 Å². The Bertz CT molecular complexity index is 1530. The molecule has 44 heavy (non-hydrogen) atoms. The van der Waals surface area contributed by atoms with Gasteiger partial charge in [-0.15, -0.1) is 0 Å². The topological polar surface area (TPSA) is 154 Å². The standard InChI is InChI=1S/C32H37N5O7/c1-19(38)36-15-5-6-25(36)28(39)34-22-11-7-20(8-12-22)27-17-33-30(43-27)21-9-13-23(14-10-21)35-29(40)26-16-24(44-32(2,3)4)18-37(26)31(41)42/h7-14,17,24-26H,5-6,15-16,18H2,1-4H3,(H,34,39)(H,35,40)(H,41,42)/t24-,25+,26+/m1/s1. The van der Waals surface area contributed by atoms with Gasteiger partial charge in [0.15, 0.2) is 5.76 Å². The van der Waals surface area contributed by atoms with Crippen LogP contribution in [0.1, 0.15) is 47.0 Å². The SMILES string of the molecule is CC(=O)N1CCC[C@H]1C(=O)Nc1ccc(-c2cnc(-c3ccc(NC(=O)[C@@H]4C[C@@H](OC(C)(C)C)CN4C(=O)O)cc3)o2)cc1. The number of nitrogens with zero attached hydrogens (tertiary/aromatic N) is 3. The zero-order chi connectivity index (χ0) is 31.6. The van der Waals surface area contributed by atoms with Gasteiger partial charge in [-0.05, 0) is 82.1 Å². The summed E-state index contributed by atoms with van der Waals surface area (Å²) in [5.74, 6) is 0.201. The average Bonchev–Trinajstić information content (AvgIpc) is 3.73. The van der Waals surface area contributed by atoms with E-state index >= 15 is 0 Å². The third-order valence-corrected chi connectivity index (χ3v) is 7.63. The number of nitrogens with one attached hydrogen (secondary N) is 2. The van der Waals surface area contributed by atoms with Crippen LogP contribution in [-0.2, 0) is 19.1 Å². The molecule has 3 atom stereocenters. The molecule has 12 heteroatoms. The lowest BCUT2D eigenvalue weighted by Gasteiger charge is -2.24. The van der Waals surface area contributed by atoms with E-state index in [1.165, 1.54) is 6.92 Å². The molecule has 2 aliphatic heterocycles. The van der Waals surface area contributed by atoms with Crippen molar-refractivity contribution in [3.05, 3.63) is 54.7 Å². The summed E-state index contributed by atoms with van der Waals surface area (Å²) < 4.78 is 11.9. The van der Waals surface area contributed by atoms with Crippen LogP contribution in [0.25, 0.3) is 22.8 Å². The van der Waals surface area contributed by atoms with Gasteiger partial charge in [0.2, 0.25) is 23.6 Å². The summed E-state index contributed by atoms with van der Waals surface area (Å²) >= 11 is 0. The van der Waals surface area contributed by atoms with Crippen LogP contribution in [0.5, 0.6) is 0 Å². The maximum absolute atomic E-state index is 13.0. The molecule has 5 rings (SSSR count). The minimum absolute atomic E-state index is 0.102. The molecule has 12 nitrogen and oxygen atoms in total. The Kier molecular flexibility index (Phi) is 8.73. The number of carbonyl (C=O) groups excluding carboxylic acids is 3. The van der Waals surface area contributed by atoms with Crippen LogP contribution in [0.3, 0.4) is 0 Å². The Morgan fingerprint density at radius 2 is 1.50 bits per heavy atom. The number of amides is 4. The average molecular weight is 604 g/mol. The smallest absolute Gasteiger partial charge is 0.408 e. The molecular formula is C32H37N5O7. The molecule has 0 saturated carbocycles. The van der Waals surface area contributed by atoms with Crippen molar-refractivity contribution in [2.24, 2.45) is 0 Å². The van der Waals surface area contributed by atoms with Gasteiger partial charge < -0.3 is 29.8 Å². The van der Waals surface area contributed by atoms with E-state index < -0.39 is 29.7 Å². The lowest BCUT2D eigenvalue weighted by atomic mass is 10.1. The van der Waals surface area contributed by atoms with Crippen molar-refractivity contribution in [1.82, 2.24) is 14.8 Å². The van der Waals surface area contributed by atoms with Gasteiger partial charge in [-0.2, -0.15) is 0 Å². The van der Waals surface area contributed by atoms with Crippen molar-refractivity contribution < 1.29 is 33.4 Å². The number of aromatic nitrogens is 1. The van der Waals surface area contributed by atoms with Gasteiger partial charge in [-0.1, -0.05) is 0 Å². The molecule has 1 aromatic heterocycles. The van der Waals surface area contributed by atoms with Gasteiger partial charge in [0.05, 0.1) is 24.4 Å². The summed E-state index contributed by atoms with van der Waals surface area (Å²) in [6.07, 6.45) is 1.81. The summed E-state index contributed by atoms with van der Waals surface area (Å²) in [5.41, 5.74) is 2.14. The molecule has 2 aliphatic rings. The van der Waals surface area contributed by atoms with Crippen LogP contribution in [0.15, 0.2) is 59.1 Å². The molecule has 3 N–H and O–H groups in total. The number of carbonyl (C=O) groups is 4. The first-order chi connectivity index (χ1) is 20.9. The van der Waals surface area contributed by atoms with E-state index in [9.17, 15) is 24.3 Å². The number of likely N-dealkylation sites (tertiary alicyclic amines) is 2. The molecule has 0 spiro atoms. The molecular weight excluding hydrogens is 566 g/mol. The van der Waals surface area contributed by atoms with E-state index in [0.29, 0.717) is 41.6 Å². The largest absolute Gasteiger partial charge is 0.465 e. The second-order valence-corrected chi connectivity index (χ2v) is 12.1. The van der Waals surface area contributed by atoms with Gasteiger partial charge in [-0.25, -0.2) is 9.78 Å². The van der Waals surface area contributed by atoms with Crippen LogP contribution >= 0.6 is 0 Å². The number of oxazole rings is 1. The van der Waals surface area contributed by atoms with Crippen LogP contribution in [0.4, 0.5) is 16.2 Å². The predicted octanol–water partition coefficient (Wildman–Crippen LogP) is 4.83. The Morgan fingerprint density at radius 1 is 0.909 bits per heavy atom. The van der Waals surface area contributed by atoms with E-state index in [1.807, 2.05) is 32.9 Å². The highest BCUT2D eigenvalue weighted by molar-refractivity contribution is 5.98. The quantitative estimate of drug-likeness (QED) is 0.347. The number of rotatable bonds is 7. The van der Waals surface area contributed by atoms with Gasteiger partial charge >= 0.3 is 6.09 Å². The molecule has 3 aromatic rings. The van der Waals surface area contributed by atoms with Gasteiger partial charge in [0.1, 0.15) is 12.1 Å². The predicted molar refractivity (Wildman–Crippen MR) is 163 cm³/mol. The van der Waals surface area contributed by atoms with E-state index in [0.717, 1.165) is 16.9 Å². The molecule has 2 saturated heterocycles. The minimum Gasteiger partial charge on any atom is -0.465 e. The van der Waals surface area contributed by atoms with Gasteiger partial charge in [0, 0.05) is 42.4 Å². The first-order valence-electron chi connectivity index (χ1n) is 14.6. The normalized spacial score (nSPS) is 20.0. The highest BCUT2D eigenvalue weighted by Crippen LogP contribution is 2.29. The summed E-state index contributed by atoms with van der Waals surface area (Å²) in [6.45, 7) is 7.88. The van der Waals surface area contributed by atoms with Crippen LogP contribution < -0.4 is 10.6 Å². The first-order valence-corrected chi connectivity index (χ1v) is 14.6. The molecule has 2 aromatic carbocycles. The monoisotopic (exact) mass is 603 g/mol. The minimum atomic E-state index is -1.16. The number of ether oxygens (including phenoxy) is 1. The Hall–Kier alpha value is -4.71. The molecule has 3 heterocycles. The summed E-state index contributed by atoms with van der Waals surface area (Å²) in [7, 11) is 0. The molecule has 0 bridgehead atoms. The molecule has 232 valence electrons. The number of anilines is 2. The molecule has 4 amide bonds. The summed E-state index contributed by atoms with van der Waals surface area (Å²) in [4.78, 5) is 56.4. The fraction of sp³-hybridized carbons (Fsp3) is 0.406.